The number of hydrogen-bond acceptors (Lipinski definition) is 4. The van der Waals surface area contributed by atoms with Gasteiger partial charge in [-0.2, -0.15) is 13.2 Å². The van der Waals surface area contributed by atoms with Crippen molar-refractivity contribution in [1.82, 2.24) is 0 Å². The molecule has 0 amide bonds. The lowest BCUT2D eigenvalue weighted by atomic mass is 10.1. The van der Waals surface area contributed by atoms with Gasteiger partial charge in [0.25, 0.3) is 0 Å². The molecule has 0 saturated carbocycles. The first-order valence-corrected chi connectivity index (χ1v) is 6.09. The average Bonchev–Trinajstić information content (AvgIpc) is 2.35. The zero-order valence-electron chi connectivity index (χ0n) is 11.3. The Balaban J connectivity index is 2.95. The summed E-state index contributed by atoms with van der Waals surface area (Å²) in [7, 11) is 1.49. The summed E-state index contributed by atoms with van der Waals surface area (Å²) in [5.41, 5.74) is 6.47. The molecule has 0 aliphatic rings. The van der Waals surface area contributed by atoms with E-state index in [1.807, 2.05) is 0 Å². The summed E-state index contributed by atoms with van der Waals surface area (Å²) in [6, 6.07) is 4.44. The molecule has 0 heterocycles. The third-order valence-electron chi connectivity index (χ3n) is 2.66. The van der Waals surface area contributed by atoms with Gasteiger partial charge in [0.05, 0.1) is 24.3 Å². The second-order valence-corrected chi connectivity index (χ2v) is 4.28. The van der Waals surface area contributed by atoms with Crippen molar-refractivity contribution in [2.24, 2.45) is 0 Å². The molecule has 112 valence electrons. The number of rotatable bonds is 5. The average molecular weight is 290 g/mol. The van der Waals surface area contributed by atoms with E-state index >= 15 is 0 Å². The number of nitrogens with two attached hydrogens (primary N) is 1. The van der Waals surface area contributed by atoms with Gasteiger partial charge in [-0.05, 0) is 25.1 Å². The number of benzene rings is 1. The monoisotopic (exact) mass is 290 g/mol. The maximum absolute atomic E-state index is 12.2. The second kappa shape index (κ2) is 6.49. The molecule has 0 atom stereocenters. The van der Waals surface area contributed by atoms with Gasteiger partial charge in [0, 0.05) is 19.3 Å². The van der Waals surface area contributed by atoms with Crippen LogP contribution in [0.3, 0.4) is 0 Å². The van der Waals surface area contributed by atoms with E-state index in [9.17, 15) is 18.0 Å². The Labute approximate surface area is 115 Å². The summed E-state index contributed by atoms with van der Waals surface area (Å²) in [6.07, 6.45) is -5.21. The molecule has 20 heavy (non-hydrogen) atoms. The molecule has 0 spiro atoms. The largest absolute Gasteiger partial charge is 0.462 e. The molecule has 1 aromatic rings. The number of hydrogen-bond donors (Lipinski definition) is 1. The number of esters is 1. The number of alkyl halides is 3. The SMILES string of the molecule is CCOC(=O)c1cc(N)ccc1N(C)CCC(F)(F)F. The van der Waals surface area contributed by atoms with Crippen LogP contribution in [0.4, 0.5) is 24.5 Å². The van der Waals surface area contributed by atoms with Crippen LogP contribution in [0.2, 0.25) is 0 Å². The lowest BCUT2D eigenvalue weighted by Gasteiger charge is -2.22. The van der Waals surface area contributed by atoms with Crippen molar-refractivity contribution in [2.75, 3.05) is 30.8 Å². The number of halogens is 3. The van der Waals surface area contributed by atoms with E-state index in [0.29, 0.717) is 11.4 Å². The Morgan fingerprint density at radius 2 is 2.05 bits per heavy atom. The van der Waals surface area contributed by atoms with Crippen LogP contribution in [-0.2, 0) is 4.74 Å². The molecule has 0 aromatic heterocycles. The maximum Gasteiger partial charge on any atom is 0.390 e. The lowest BCUT2D eigenvalue weighted by Crippen LogP contribution is -2.26. The minimum atomic E-state index is -4.24. The molecule has 0 unspecified atom stereocenters. The van der Waals surface area contributed by atoms with Crippen molar-refractivity contribution in [3.8, 4) is 0 Å². The predicted octanol–water partition coefficient (Wildman–Crippen LogP) is 2.83. The van der Waals surface area contributed by atoms with E-state index in [4.69, 9.17) is 10.5 Å². The van der Waals surface area contributed by atoms with Crippen molar-refractivity contribution in [1.29, 1.82) is 0 Å². The Morgan fingerprint density at radius 1 is 1.40 bits per heavy atom. The minimum Gasteiger partial charge on any atom is -0.462 e. The van der Waals surface area contributed by atoms with Crippen LogP contribution in [0.15, 0.2) is 18.2 Å². The molecule has 0 saturated heterocycles. The number of ether oxygens (including phenoxy) is 1. The first kappa shape index (κ1) is 16.1. The number of anilines is 2. The van der Waals surface area contributed by atoms with E-state index in [0.717, 1.165) is 0 Å². The summed E-state index contributed by atoms with van der Waals surface area (Å²) < 4.78 is 41.6. The van der Waals surface area contributed by atoms with Gasteiger partial charge in [-0.3, -0.25) is 0 Å². The topological polar surface area (TPSA) is 55.6 Å². The van der Waals surface area contributed by atoms with Gasteiger partial charge in [0.15, 0.2) is 0 Å². The Kier molecular flexibility index (Phi) is 5.24. The Morgan fingerprint density at radius 3 is 2.60 bits per heavy atom. The van der Waals surface area contributed by atoms with Crippen molar-refractivity contribution in [2.45, 2.75) is 19.5 Å². The Bertz CT molecular complexity index is 475. The molecule has 1 rings (SSSR count). The fraction of sp³-hybridized carbons (Fsp3) is 0.462. The van der Waals surface area contributed by atoms with Gasteiger partial charge in [-0.1, -0.05) is 0 Å². The molecule has 0 bridgehead atoms. The summed E-state index contributed by atoms with van der Waals surface area (Å²) in [4.78, 5) is 13.2. The van der Waals surface area contributed by atoms with E-state index in [1.165, 1.54) is 30.1 Å². The van der Waals surface area contributed by atoms with Crippen molar-refractivity contribution >= 4 is 17.3 Å². The van der Waals surface area contributed by atoms with Crippen molar-refractivity contribution in [3.05, 3.63) is 23.8 Å². The van der Waals surface area contributed by atoms with Crippen LogP contribution in [0.5, 0.6) is 0 Å². The van der Waals surface area contributed by atoms with Gasteiger partial charge < -0.3 is 15.4 Å². The maximum atomic E-state index is 12.2. The van der Waals surface area contributed by atoms with Crippen LogP contribution in [0, 0.1) is 0 Å². The Hall–Kier alpha value is -1.92. The first-order chi connectivity index (χ1) is 9.24. The molecule has 0 fully saturated rings. The summed E-state index contributed by atoms with van der Waals surface area (Å²) in [5, 5.41) is 0. The fourth-order valence-corrected chi connectivity index (χ4v) is 1.67. The normalized spacial score (nSPS) is 11.2. The van der Waals surface area contributed by atoms with Crippen molar-refractivity contribution < 1.29 is 22.7 Å². The first-order valence-electron chi connectivity index (χ1n) is 6.09. The predicted molar refractivity (Wildman–Crippen MR) is 70.8 cm³/mol. The molecule has 4 nitrogen and oxygen atoms in total. The third kappa shape index (κ3) is 4.64. The van der Waals surface area contributed by atoms with Crippen molar-refractivity contribution in [3.63, 3.8) is 0 Å². The molecule has 7 heteroatoms. The minimum absolute atomic E-state index is 0.163. The number of carbonyl (C=O) groups is 1. The summed E-state index contributed by atoms with van der Waals surface area (Å²) in [5.74, 6) is -0.603. The van der Waals surface area contributed by atoms with Crippen LogP contribution in [0.25, 0.3) is 0 Å². The number of carbonyl (C=O) groups excluding carboxylic acids is 1. The van der Waals surface area contributed by atoms with E-state index in [-0.39, 0.29) is 18.7 Å². The second-order valence-electron chi connectivity index (χ2n) is 4.28. The highest BCUT2D eigenvalue weighted by Crippen LogP contribution is 2.26. The van der Waals surface area contributed by atoms with Crippen LogP contribution in [-0.4, -0.2) is 32.3 Å². The summed E-state index contributed by atoms with van der Waals surface area (Å²) in [6.45, 7) is 1.58. The third-order valence-corrected chi connectivity index (χ3v) is 2.66. The van der Waals surface area contributed by atoms with Gasteiger partial charge in [-0.15, -0.1) is 0 Å². The van der Waals surface area contributed by atoms with Gasteiger partial charge >= 0.3 is 12.1 Å². The van der Waals surface area contributed by atoms with Crippen LogP contribution < -0.4 is 10.6 Å². The molecule has 0 radical (unpaired) electrons. The number of nitrogen functional groups attached to an aromatic ring is 1. The molecular formula is C13H17F3N2O2. The standard InChI is InChI=1S/C13H17F3N2O2/c1-3-20-12(19)10-8-9(17)4-5-11(10)18(2)7-6-13(14,15)16/h4-5,8H,3,6-7,17H2,1-2H3. The smallest absolute Gasteiger partial charge is 0.390 e. The molecule has 0 aliphatic carbocycles. The lowest BCUT2D eigenvalue weighted by molar-refractivity contribution is -0.132. The van der Waals surface area contributed by atoms with Crippen LogP contribution >= 0.6 is 0 Å². The van der Waals surface area contributed by atoms with Crippen LogP contribution in [0.1, 0.15) is 23.7 Å². The quantitative estimate of drug-likeness (QED) is 0.669. The summed E-state index contributed by atoms with van der Waals surface area (Å²) >= 11 is 0. The zero-order valence-corrected chi connectivity index (χ0v) is 11.3. The highest BCUT2D eigenvalue weighted by molar-refractivity contribution is 5.97. The van der Waals surface area contributed by atoms with E-state index in [1.54, 1.807) is 6.92 Å². The molecule has 0 aliphatic heterocycles. The van der Waals surface area contributed by atoms with Gasteiger partial charge in [-0.25, -0.2) is 4.79 Å². The fourth-order valence-electron chi connectivity index (χ4n) is 1.67. The van der Waals surface area contributed by atoms with Gasteiger partial charge in [0.1, 0.15) is 0 Å². The number of nitrogens with zero attached hydrogens (tertiary/aromatic N) is 1. The van der Waals surface area contributed by atoms with E-state index < -0.39 is 18.6 Å². The molecule has 2 N–H and O–H groups in total. The van der Waals surface area contributed by atoms with E-state index in [2.05, 4.69) is 0 Å². The molecular weight excluding hydrogens is 273 g/mol. The highest BCUT2D eigenvalue weighted by atomic mass is 19.4. The molecule has 1 aromatic carbocycles. The zero-order chi connectivity index (χ0) is 15.3. The highest BCUT2D eigenvalue weighted by Gasteiger charge is 2.28. The van der Waals surface area contributed by atoms with Gasteiger partial charge in [0.2, 0.25) is 0 Å².